The third-order valence-corrected chi connectivity index (χ3v) is 4.34. The molecule has 0 aliphatic carbocycles. The van der Waals surface area contributed by atoms with Gasteiger partial charge in [-0.1, -0.05) is 6.07 Å². The molecule has 2 nitrogen and oxygen atoms in total. The van der Waals surface area contributed by atoms with Crippen LogP contribution >= 0.6 is 27.3 Å². The third kappa shape index (κ3) is 2.62. The van der Waals surface area contributed by atoms with Gasteiger partial charge >= 0.3 is 0 Å². The lowest BCUT2D eigenvalue weighted by Crippen LogP contribution is -2.07. The van der Waals surface area contributed by atoms with E-state index in [1.165, 1.54) is 4.88 Å². The summed E-state index contributed by atoms with van der Waals surface area (Å²) in [7, 11) is 0. The largest absolute Gasteiger partial charge is 0.363 e. The standard InChI is InChI=1S/C12H13BrN2S/c1-8-4-3-5-11(14-8)15-9(2)12-10(13)6-7-16-12/h3-7,9H,1-2H3,(H,14,15). The summed E-state index contributed by atoms with van der Waals surface area (Å²) in [4.78, 5) is 5.73. The number of hydrogen-bond acceptors (Lipinski definition) is 3. The smallest absolute Gasteiger partial charge is 0.126 e. The molecule has 0 saturated carbocycles. The summed E-state index contributed by atoms with van der Waals surface area (Å²) < 4.78 is 1.16. The molecule has 2 heterocycles. The molecule has 0 aliphatic heterocycles. The summed E-state index contributed by atoms with van der Waals surface area (Å²) in [6.45, 7) is 4.14. The summed E-state index contributed by atoms with van der Waals surface area (Å²) in [5.74, 6) is 0.924. The van der Waals surface area contributed by atoms with Crippen LogP contribution in [-0.4, -0.2) is 4.98 Å². The van der Waals surface area contributed by atoms with Crippen LogP contribution in [0.1, 0.15) is 23.5 Å². The van der Waals surface area contributed by atoms with Crippen LogP contribution in [0.25, 0.3) is 0 Å². The number of halogens is 1. The topological polar surface area (TPSA) is 24.9 Å². The molecular weight excluding hydrogens is 284 g/mol. The first-order valence-electron chi connectivity index (χ1n) is 5.10. The molecule has 0 aromatic carbocycles. The second kappa shape index (κ2) is 4.97. The Hall–Kier alpha value is -0.870. The van der Waals surface area contributed by atoms with Crippen molar-refractivity contribution in [1.82, 2.24) is 4.98 Å². The van der Waals surface area contributed by atoms with Crippen LogP contribution < -0.4 is 5.32 Å². The lowest BCUT2D eigenvalue weighted by Gasteiger charge is -2.13. The number of pyridine rings is 1. The number of aryl methyl sites for hydroxylation is 1. The van der Waals surface area contributed by atoms with Crippen molar-refractivity contribution in [2.24, 2.45) is 0 Å². The highest BCUT2D eigenvalue weighted by atomic mass is 79.9. The minimum absolute atomic E-state index is 0.267. The molecule has 84 valence electrons. The van der Waals surface area contributed by atoms with Crippen molar-refractivity contribution in [2.75, 3.05) is 5.32 Å². The van der Waals surface area contributed by atoms with Crippen LogP contribution in [0.4, 0.5) is 5.82 Å². The van der Waals surface area contributed by atoms with Gasteiger partial charge in [-0.15, -0.1) is 11.3 Å². The van der Waals surface area contributed by atoms with E-state index in [-0.39, 0.29) is 6.04 Å². The average molecular weight is 297 g/mol. The van der Waals surface area contributed by atoms with Crippen LogP contribution in [0.5, 0.6) is 0 Å². The Labute approximate surface area is 108 Å². The first-order chi connectivity index (χ1) is 7.66. The van der Waals surface area contributed by atoms with Gasteiger partial charge < -0.3 is 5.32 Å². The maximum absolute atomic E-state index is 4.43. The summed E-state index contributed by atoms with van der Waals surface area (Å²) in [6, 6.07) is 8.34. The zero-order chi connectivity index (χ0) is 11.5. The molecule has 0 aliphatic rings. The van der Waals surface area contributed by atoms with E-state index in [1.54, 1.807) is 11.3 Å². The highest BCUT2D eigenvalue weighted by molar-refractivity contribution is 9.10. The highest BCUT2D eigenvalue weighted by Crippen LogP contribution is 2.30. The van der Waals surface area contributed by atoms with E-state index in [2.05, 4.69) is 44.6 Å². The van der Waals surface area contributed by atoms with E-state index in [9.17, 15) is 0 Å². The molecule has 4 heteroatoms. The van der Waals surface area contributed by atoms with Gasteiger partial charge in [-0.2, -0.15) is 0 Å². The first-order valence-corrected chi connectivity index (χ1v) is 6.77. The fraction of sp³-hybridized carbons (Fsp3) is 0.250. The van der Waals surface area contributed by atoms with Gasteiger partial charge in [-0.05, 0) is 53.4 Å². The Morgan fingerprint density at radius 1 is 1.38 bits per heavy atom. The Bertz CT molecular complexity index is 481. The Morgan fingerprint density at radius 2 is 2.19 bits per heavy atom. The maximum atomic E-state index is 4.43. The van der Waals surface area contributed by atoms with Crippen molar-refractivity contribution < 1.29 is 0 Å². The van der Waals surface area contributed by atoms with Crippen molar-refractivity contribution in [3.63, 3.8) is 0 Å². The predicted molar refractivity (Wildman–Crippen MR) is 73.0 cm³/mol. The zero-order valence-electron chi connectivity index (χ0n) is 9.20. The molecule has 0 fully saturated rings. The second-order valence-electron chi connectivity index (χ2n) is 3.66. The second-order valence-corrected chi connectivity index (χ2v) is 5.47. The molecule has 1 atom stereocenters. The molecule has 0 amide bonds. The summed E-state index contributed by atoms with van der Waals surface area (Å²) >= 11 is 5.29. The van der Waals surface area contributed by atoms with Gasteiger partial charge in [0.25, 0.3) is 0 Å². The minimum atomic E-state index is 0.267. The molecule has 16 heavy (non-hydrogen) atoms. The van der Waals surface area contributed by atoms with Gasteiger partial charge in [0.1, 0.15) is 5.82 Å². The Morgan fingerprint density at radius 3 is 2.81 bits per heavy atom. The normalized spacial score (nSPS) is 12.4. The molecule has 0 bridgehead atoms. The van der Waals surface area contributed by atoms with E-state index >= 15 is 0 Å². The van der Waals surface area contributed by atoms with E-state index < -0.39 is 0 Å². The lowest BCUT2D eigenvalue weighted by atomic mass is 10.2. The fourth-order valence-electron chi connectivity index (χ4n) is 1.53. The Balaban J connectivity index is 2.14. The van der Waals surface area contributed by atoms with Crippen LogP contribution in [0.15, 0.2) is 34.1 Å². The molecule has 1 N–H and O–H groups in total. The van der Waals surface area contributed by atoms with Gasteiger partial charge in [0.15, 0.2) is 0 Å². The van der Waals surface area contributed by atoms with Gasteiger partial charge in [0.05, 0.1) is 6.04 Å². The predicted octanol–water partition coefficient (Wildman–Crippen LogP) is 4.39. The molecule has 0 radical (unpaired) electrons. The number of thiophene rings is 1. The Kier molecular flexibility index (Phi) is 3.61. The van der Waals surface area contributed by atoms with Crippen molar-refractivity contribution in [2.45, 2.75) is 19.9 Å². The van der Waals surface area contributed by atoms with Crippen LogP contribution in [0.2, 0.25) is 0 Å². The van der Waals surface area contributed by atoms with E-state index in [4.69, 9.17) is 0 Å². The summed E-state index contributed by atoms with van der Waals surface area (Å²) in [6.07, 6.45) is 0. The van der Waals surface area contributed by atoms with E-state index in [0.29, 0.717) is 0 Å². The quantitative estimate of drug-likeness (QED) is 0.909. The molecule has 2 aromatic rings. The van der Waals surface area contributed by atoms with Gasteiger partial charge in [0.2, 0.25) is 0 Å². The van der Waals surface area contributed by atoms with Crippen LogP contribution in [0.3, 0.4) is 0 Å². The first kappa shape index (κ1) is 11.6. The molecule has 0 spiro atoms. The number of rotatable bonds is 3. The van der Waals surface area contributed by atoms with Crippen molar-refractivity contribution in [3.8, 4) is 0 Å². The van der Waals surface area contributed by atoms with E-state index in [1.807, 2.05) is 25.1 Å². The minimum Gasteiger partial charge on any atom is -0.363 e. The SMILES string of the molecule is Cc1cccc(NC(C)c2sccc2Br)n1. The van der Waals surface area contributed by atoms with Crippen molar-refractivity contribution in [1.29, 1.82) is 0 Å². The van der Waals surface area contributed by atoms with Gasteiger partial charge in [-0.3, -0.25) is 0 Å². The number of hydrogen-bond donors (Lipinski definition) is 1. The zero-order valence-corrected chi connectivity index (χ0v) is 11.6. The van der Waals surface area contributed by atoms with Crippen LogP contribution in [0, 0.1) is 6.92 Å². The van der Waals surface area contributed by atoms with Crippen molar-refractivity contribution >= 4 is 33.1 Å². The molecular formula is C12H13BrN2S. The maximum Gasteiger partial charge on any atom is 0.126 e. The number of anilines is 1. The van der Waals surface area contributed by atoms with Gasteiger partial charge in [0, 0.05) is 15.0 Å². The van der Waals surface area contributed by atoms with Gasteiger partial charge in [-0.25, -0.2) is 4.98 Å². The molecule has 0 saturated heterocycles. The fourth-order valence-corrected chi connectivity index (χ4v) is 3.25. The number of aromatic nitrogens is 1. The highest BCUT2D eigenvalue weighted by Gasteiger charge is 2.10. The monoisotopic (exact) mass is 296 g/mol. The molecule has 1 unspecified atom stereocenters. The average Bonchev–Trinajstić information content (AvgIpc) is 2.64. The summed E-state index contributed by atoms with van der Waals surface area (Å²) in [5, 5.41) is 5.48. The summed E-state index contributed by atoms with van der Waals surface area (Å²) in [5.41, 5.74) is 1.03. The molecule has 2 aromatic heterocycles. The third-order valence-electron chi connectivity index (χ3n) is 2.29. The van der Waals surface area contributed by atoms with Crippen LogP contribution in [-0.2, 0) is 0 Å². The molecule has 2 rings (SSSR count). The van der Waals surface area contributed by atoms with Crippen molar-refractivity contribution in [3.05, 3.63) is 44.7 Å². The lowest BCUT2D eigenvalue weighted by molar-refractivity contribution is 0.889. The number of nitrogens with zero attached hydrogens (tertiary/aromatic N) is 1. The number of nitrogens with one attached hydrogen (secondary N) is 1. The van der Waals surface area contributed by atoms with E-state index in [0.717, 1.165) is 16.0 Å².